The zero-order chi connectivity index (χ0) is 9.90. The standard InChI is InChI=1S/C8H16BF3N/c1-2-3-8-4-5-13(6-8)7-9(10,11)12/h8H,2-7H2,1H3/q-1. The highest BCUT2D eigenvalue weighted by Crippen LogP contribution is 2.23. The Balaban J connectivity index is 2.25. The lowest BCUT2D eigenvalue weighted by Crippen LogP contribution is -2.36. The van der Waals surface area contributed by atoms with Gasteiger partial charge in [0.15, 0.2) is 0 Å². The lowest BCUT2D eigenvalue weighted by Gasteiger charge is -2.23. The molecule has 0 aromatic carbocycles. The Morgan fingerprint density at radius 3 is 2.62 bits per heavy atom. The molecule has 1 rings (SSSR count). The largest absolute Gasteiger partial charge is 0.492 e. The molecule has 1 aliphatic heterocycles. The predicted octanol–water partition coefficient (Wildman–Crippen LogP) is 2.50. The fourth-order valence-corrected chi connectivity index (χ4v) is 2.02. The van der Waals surface area contributed by atoms with Crippen LogP contribution in [-0.4, -0.2) is 31.4 Å². The van der Waals surface area contributed by atoms with Crippen LogP contribution in [0.3, 0.4) is 0 Å². The van der Waals surface area contributed by atoms with E-state index in [4.69, 9.17) is 0 Å². The van der Waals surface area contributed by atoms with E-state index in [9.17, 15) is 12.9 Å². The summed E-state index contributed by atoms with van der Waals surface area (Å²) in [6.07, 6.45) is 2.43. The van der Waals surface area contributed by atoms with Crippen LogP contribution < -0.4 is 0 Å². The number of likely N-dealkylation sites (tertiary alicyclic amines) is 1. The topological polar surface area (TPSA) is 3.24 Å². The van der Waals surface area contributed by atoms with E-state index in [1.165, 1.54) is 0 Å². The Morgan fingerprint density at radius 2 is 2.08 bits per heavy atom. The molecule has 0 radical (unpaired) electrons. The van der Waals surface area contributed by atoms with Crippen LogP contribution in [0.4, 0.5) is 12.9 Å². The lowest BCUT2D eigenvalue weighted by atomic mass is 9.91. The van der Waals surface area contributed by atoms with Gasteiger partial charge in [-0.05, 0) is 38.3 Å². The first-order valence-electron chi connectivity index (χ1n) is 4.94. The SMILES string of the molecule is CCCC1CCN(C[B-](F)(F)F)C1. The summed E-state index contributed by atoms with van der Waals surface area (Å²) >= 11 is 0. The fraction of sp³-hybridized carbons (Fsp3) is 1.00. The number of hydrogen-bond donors (Lipinski definition) is 0. The first kappa shape index (κ1) is 10.9. The van der Waals surface area contributed by atoms with Crippen LogP contribution in [0.15, 0.2) is 0 Å². The van der Waals surface area contributed by atoms with Gasteiger partial charge < -0.3 is 17.8 Å². The van der Waals surface area contributed by atoms with Crippen molar-refractivity contribution in [3.8, 4) is 0 Å². The summed E-state index contributed by atoms with van der Waals surface area (Å²) in [6.45, 7) is -1.26. The van der Waals surface area contributed by atoms with Crippen molar-refractivity contribution in [2.24, 2.45) is 5.92 Å². The van der Waals surface area contributed by atoms with E-state index >= 15 is 0 Å². The van der Waals surface area contributed by atoms with E-state index in [1.54, 1.807) is 4.90 Å². The molecule has 0 spiro atoms. The number of rotatable bonds is 4. The van der Waals surface area contributed by atoms with E-state index in [0.717, 1.165) is 19.3 Å². The highest BCUT2D eigenvalue weighted by atomic mass is 19.4. The number of halogens is 3. The lowest BCUT2D eigenvalue weighted by molar-refractivity contribution is 0.317. The molecule has 1 fully saturated rings. The third-order valence-corrected chi connectivity index (χ3v) is 2.53. The monoisotopic (exact) mass is 194 g/mol. The summed E-state index contributed by atoms with van der Waals surface area (Å²) in [5, 5.41) is 0. The molecular weight excluding hydrogens is 178 g/mol. The van der Waals surface area contributed by atoms with Crippen LogP contribution in [-0.2, 0) is 0 Å². The van der Waals surface area contributed by atoms with Gasteiger partial charge in [-0.1, -0.05) is 13.3 Å². The van der Waals surface area contributed by atoms with Crippen molar-refractivity contribution < 1.29 is 12.9 Å². The average Bonchev–Trinajstić information content (AvgIpc) is 2.33. The summed E-state index contributed by atoms with van der Waals surface area (Å²) in [4.78, 5) is 1.54. The Labute approximate surface area is 77.4 Å². The minimum Gasteiger partial charge on any atom is -0.448 e. The summed E-state index contributed by atoms with van der Waals surface area (Å²) < 4.78 is 36.1. The van der Waals surface area contributed by atoms with Crippen LogP contribution >= 0.6 is 0 Å². The summed E-state index contributed by atoms with van der Waals surface area (Å²) in [6, 6.07) is 0. The van der Waals surface area contributed by atoms with Gasteiger partial charge >= 0.3 is 6.98 Å². The molecule has 5 heteroatoms. The average molecular weight is 194 g/mol. The maximum Gasteiger partial charge on any atom is 0.492 e. The van der Waals surface area contributed by atoms with Crippen molar-refractivity contribution in [2.75, 3.05) is 19.5 Å². The summed E-state index contributed by atoms with van der Waals surface area (Å²) in [5.41, 5.74) is 0. The molecule has 0 aliphatic carbocycles. The van der Waals surface area contributed by atoms with Gasteiger partial charge in [-0.25, -0.2) is 0 Å². The van der Waals surface area contributed by atoms with Crippen molar-refractivity contribution in [1.29, 1.82) is 0 Å². The Kier molecular flexibility index (Phi) is 3.65. The van der Waals surface area contributed by atoms with Crippen LogP contribution in [0.5, 0.6) is 0 Å². The van der Waals surface area contributed by atoms with Crippen molar-refractivity contribution in [2.45, 2.75) is 26.2 Å². The molecule has 0 aromatic rings. The van der Waals surface area contributed by atoms with E-state index < -0.39 is 13.4 Å². The van der Waals surface area contributed by atoms with Gasteiger partial charge in [0.1, 0.15) is 0 Å². The Morgan fingerprint density at radius 1 is 1.38 bits per heavy atom. The smallest absolute Gasteiger partial charge is 0.448 e. The summed E-state index contributed by atoms with van der Waals surface area (Å²) in [7, 11) is 0. The van der Waals surface area contributed by atoms with Crippen LogP contribution in [0.2, 0.25) is 0 Å². The van der Waals surface area contributed by atoms with Crippen LogP contribution in [0, 0.1) is 5.92 Å². The fourth-order valence-electron chi connectivity index (χ4n) is 2.02. The zero-order valence-electron chi connectivity index (χ0n) is 7.98. The molecule has 0 amide bonds. The normalized spacial score (nSPS) is 25.4. The second-order valence-corrected chi connectivity index (χ2v) is 3.91. The second kappa shape index (κ2) is 4.35. The predicted molar refractivity (Wildman–Crippen MR) is 48.5 cm³/mol. The van der Waals surface area contributed by atoms with E-state index in [1.807, 2.05) is 0 Å². The molecule has 0 N–H and O–H groups in total. The third-order valence-electron chi connectivity index (χ3n) is 2.53. The van der Waals surface area contributed by atoms with Gasteiger partial charge in [-0.3, -0.25) is 0 Å². The number of nitrogens with zero attached hydrogens (tertiary/aromatic N) is 1. The third kappa shape index (κ3) is 4.03. The maximum atomic E-state index is 12.0. The van der Waals surface area contributed by atoms with Crippen LogP contribution in [0.1, 0.15) is 26.2 Å². The van der Waals surface area contributed by atoms with Gasteiger partial charge in [0, 0.05) is 0 Å². The van der Waals surface area contributed by atoms with Crippen LogP contribution in [0.25, 0.3) is 0 Å². The molecular formula is C8H16BF3N-. The van der Waals surface area contributed by atoms with E-state index in [2.05, 4.69) is 6.92 Å². The maximum absolute atomic E-state index is 12.0. The first-order valence-corrected chi connectivity index (χ1v) is 4.94. The van der Waals surface area contributed by atoms with E-state index in [-0.39, 0.29) is 0 Å². The van der Waals surface area contributed by atoms with Gasteiger partial charge in [0.05, 0.1) is 0 Å². The van der Waals surface area contributed by atoms with Gasteiger partial charge in [-0.15, -0.1) is 0 Å². The Bertz CT molecular complexity index is 160. The molecule has 1 aliphatic rings. The molecule has 1 unspecified atom stereocenters. The molecule has 0 aromatic heterocycles. The van der Waals surface area contributed by atoms with Gasteiger partial charge in [-0.2, -0.15) is 0 Å². The van der Waals surface area contributed by atoms with E-state index in [0.29, 0.717) is 19.0 Å². The molecule has 1 heterocycles. The van der Waals surface area contributed by atoms with Gasteiger partial charge in [0.2, 0.25) is 0 Å². The molecule has 78 valence electrons. The highest BCUT2D eigenvalue weighted by Gasteiger charge is 2.30. The van der Waals surface area contributed by atoms with Crippen molar-refractivity contribution >= 4 is 6.98 Å². The number of hydrogen-bond acceptors (Lipinski definition) is 1. The summed E-state index contributed by atoms with van der Waals surface area (Å²) in [5.74, 6) is 0.503. The minimum absolute atomic E-state index is 0.503. The molecule has 13 heavy (non-hydrogen) atoms. The highest BCUT2D eigenvalue weighted by molar-refractivity contribution is 6.58. The zero-order valence-corrected chi connectivity index (χ0v) is 7.98. The van der Waals surface area contributed by atoms with Crippen molar-refractivity contribution in [1.82, 2.24) is 4.90 Å². The minimum atomic E-state index is -4.62. The molecule has 1 saturated heterocycles. The van der Waals surface area contributed by atoms with Crippen molar-refractivity contribution in [3.05, 3.63) is 0 Å². The second-order valence-electron chi connectivity index (χ2n) is 3.91. The molecule has 1 atom stereocenters. The first-order chi connectivity index (χ1) is 6.01. The quantitative estimate of drug-likeness (QED) is 0.621. The molecule has 0 bridgehead atoms. The van der Waals surface area contributed by atoms with Gasteiger partial charge in [0.25, 0.3) is 0 Å². The Hall–Kier alpha value is -0.185. The molecule has 0 saturated carbocycles. The van der Waals surface area contributed by atoms with Crippen molar-refractivity contribution in [3.63, 3.8) is 0 Å². The molecule has 1 nitrogen and oxygen atoms in total.